The number of benzene rings is 1. The van der Waals surface area contributed by atoms with Crippen LogP contribution in [-0.2, 0) is 6.54 Å². The maximum absolute atomic E-state index is 11.8. The van der Waals surface area contributed by atoms with Gasteiger partial charge in [-0.3, -0.25) is 4.79 Å². The lowest BCUT2D eigenvalue weighted by Gasteiger charge is -2.05. The molecule has 0 saturated heterocycles. The number of amides is 1. The average molecular weight is 245 g/mol. The van der Waals surface area contributed by atoms with Crippen molar-refractivity contribution in [2.24, 2.45) is 0 Å². The quantitative estimate of drug-likeness (QED) is 0.656. The van der Waals surface area contributed by atoms with E-state index in [2.05, 4.69) is 5.32 Å². The second-order valence-corrected chi connectivity index (χ2v) is 3.76. The molecular formula is C12H12BNO4. The summed E-state index contributed by atoms with van der Waals surface area (Å²) < 4.78 is 5.09. The first-order valence-electron chi connectivity index (χ1n) is 5.43. The summed E-state index contributed by atoms with van der Waals surface area (Å²) in [6, 6.07) is 9.66. The van der Waals surface area contributed by atoms with Gasteiger partial charge in [0.25, 0.3) is 5.91 Å². The Balaban J connectivity index is 2.02. The monoisotopic (exact) mass is 245 g/mol. The summed E-state index contributed by atoms with van der Waals surface area (Å²) in [5.74, 6) is 0.357. The topological polar surface area (TPSA) is 82.7 Å². The van der Waals surface area contributed by atoms with Crippen LogP contribution in [0.2, 0.25) is 0 Å². The molecule has 5 nitrogen and oxygen atoms in total. The van der Waals surface area contributed by atoms with Crippen LogP contribution in [-0.4, -0.2) is 23.1 Å². The van der Waals surface area contributed by atoms with E-state index in [9.17, 15) is 4.79 Å². The minimum Gasteiger partial charge on any atom is -0.467 e. The summed E-state index contributed by atoms with van der Waals surface area (Å²) in [4.78, 5) is 11.8. The van der Waals surface area contributed by atoms with Gasteiger partial charge in [-0.25, -0.2) is 0 Å². The predicted octanol–water partition coefficient (Wildman–Crippen LogP) is -0.111. The fourth-order valence-electron chi connectivity index (χ4n) is 1.52. The number of rotatable bonds is 4. The van der Waals surface area contributed by atoms with Crippen molar-refractivity contribution in [1.29, 1.82) is 0 Å². The van der Waals surface area contributed by atoms with Crippen molar-refractivity contribution in [3.63, 3.8) is 0 Å². The van der Waals surface area contributed by atoms with Gasteiger partial charge in [-0.2, -0.15) is 0 Å². The number of carbonyl (C=O) groups excluding carboxylic acids is 1. The lowest BCUT2D eigenvalue weighted by molar-refractivity contribution is 0.0948. The molecule has 18 heavy (non-hydrogen) atoms. The van der Waals surface area contributed by atoms with Crippen molar-refractivity contribution in [2.45, 2.75) is 6.54 Å². The zero-order valence-corrected chi connectivity index (χ0v) is 9.54. The van der Waals surface area contributed by atoms with Crippen LogP contribution >= 0.6 is 0 Å². The van der Waals surface area contributed by atoms with Gasteiger partial charge >= 0.3 is 7.12 Å². The molecule has 3 N–H and O–H groups in total. The summed E-state index contributed by atoms with van der Waals surface area (Å²) in [6.45, 7) is 0.289. The van der Waals surface area contributed by atoms with Crippen molar-refractivity contribution >= 4 is 18.5 Å². The van der Waals surface area contributed by atoms with Crippen LogP contribution in [0, 0.1) is 0 Å². The van der Waals surface area contributed by atoms with Crippen molar-refractivity contribution in [1.82, 2.24) is 5.32 Å². The molecule has 0 unspecified atom stereocenters. The fraction of sp³-hybridized carbons (Fsp3) is 0.0833. The summed E-state index contributed by atoms with van der Waals surface area (Å²) in [7, 11) is -1.58. The first-order chi connectivity index (χ1) is 8.66. The van der Waals surface area contributed by atoms with E-state index in [1.54, 1.807) is 24.3 Å². The lowest BCUT2D eigenvalue weighted by atomic mass is 9.79. The Bertz CT molecular complexity index is 525. The third kappa shape index (κ3) is 3.00. The van der Waals surface area contributed by atoms with Crippen molar-refractivity contribution in [3.8, 4) is 0 Å². The Morgan fingerprint density at radius 1 is 1.28 bits per heavy atom. The average Bonchev–Trinajstić information content (AvgIpc) is 2.89. The molecule has 92 valence electrons. The SMILES string of the molecule is O=C(NCc1ccco1)c1cccc(B(O)O)c1. The predicted molar refractivity (Wildman–Crippen MR) is 66.1 cm³/mol. The maximum atomic E-state index is 11.8. The van der Waals surface area contributed by atoms with Crippen LogP contribution in [0.4, 0.5) is 0 Å². The van der Waals surface area contributed by atoms with E-state index < -0.39 is 7.12 Å². The van der Waals surface area contributed by atoms with Gasteiger partial charge in [0.05, 0.1) is 12.8 Å². The number of carbonyl (C=O) groups is 1. The maximum Gasteiger partial charge on any atom is 0.488 e. The van der Waals surface area contributed by atoms with E-state index in [0.29, 0.717) is 11.3 Å². The molecule has 0 spiro atoms. The van der Waals surface area contributed by atoms with Crippen molar-refractivity contribution in [2.75, 3.05) is 0 Å². The van der Waals surface area contributed by atoms with E-state index in [1.165, 1.54) is 18.4 Å². The number of furan rings is 1. The molecule has 0 radical (unpaired) electrons. The Kier molecular flexibility index (Phi) is 3.81. The Labute approximate surface area is 104 Å². The molecule has 2 rings (SSSR count). The van der Waals surface area contributed by atoms with Crippen LogP contribution in [0.3, 0.4) is 0 Å². The van der Waals surface area contributed by atoms with Gasteiger partial charge in [0.15, 0.2) is 0 Å². The standard InChI is InChI=1S/C12H12BNO4/c15-12(14-8-11-5-2-6-18-11)9-3-1-4-10(7-9)13(16)17/h1-7,16-17H,8H2,(H,14,15). The first kappa shape index (κ1) is 12.4. The molecule has 1 aromatic carbocycles. The molecule has 1 heterocycles. The van der Waals surface area contributed by atoms with E-state index >= 15 is 0 Å². The molecule has 0 bridgehead atoms. The molecular weight excluding hydrogens is 233 g/mol. The van der Waals surface area contributed by atoms with Crippen LogP contribution in [0.15, 0.2) is 47.1 Å². The molecule has 1 aromatic heterocycles. The van der Waals surface area contributed by atoms with Gasteiger partial charge in [0.2, 0.25) is 0 Å². The number of nitrogens with one attached hydrogen (secondary N) is 1. The minimum atomic E-state index is -1.58. The second kappa shape index (κ2) is 5.53. The Hall–Kier alpha value is -2.05. The molecule has 0 fully saturated rings. The van der Waals surface area contributed by atoms with Crippen LogP contribution < -0.4 is 10.8 Å². The number of hydrogen-bond acceptors (Lipinski definition) is 4. The third-order valence-electron chi connectivity index (χ3n) is 2.45. The van der Waals surface area contributed by atoms with Gasteiger partial charge in [0, 0.05) is 5.56 Å². The normalized spacial score (nSPS) is 10.1. The molecule has 0 aliphatic heterocycles. The molecule has 6 heteroatoms. The van der Waals surface area contributed by atoms with Gasteiger partial charge in [0.1, 0.15) is 5.76 Å². The fourth-order valence-corrected chi connectivity index (χ4v) is 1.52. The molecule has 0 saturated carbocycles. The van der Waals surface area contributed by atoms with Crippen LogP contribution in [0.5, 0.6) is 0 Å². The molecule has 1 amide bonds. The largest absolute Gasteiger partial charge is 0.488 e. The zero-order valence-electron chi connectivity index (χ0n) is 9.54. The summed E-state index contributed by atoms with van der Waals surface area (Å²) >= 11 is 0. The second-order valence-electron chi connectivity index (χ2n) is 3.76. The highest BCUT2D eigenvalue weighted by molar-refractivity contribution is 6.58. The van der Waals surface area contributed by atoms with E-state index in [1.807, 2.05) is 0 Å². The molecule has 2 aromatic rings. The van der Waals surface area contributed by atoms with Gasteiger partial charge < -0.3 is 19.8 Å². The Morgan fingerprint density at radius 2 is 2.11 bits per heavy atom. The number of hydrogen-bond donors (Lipinski definition) is 3. The van der Waals surface area contributed by atoms with Gasteiger partial charge in [-0.1, -0.05) is 12.1 Å². The van der Waals surface area contributed by atoms with E-state index in [0.717, 1.165) is 0 Å². The van der Waals surface area contributed by atoms with Crippen LogP contribution in [0.25, 0.3) is 0 Å². The highest BCUT2D eigenvalue weighted by Gasteiger charge is 2.13. The van der Waals surface area contributed by atoms with E-state index in [-0.39, 0.29) is 17.9 Å². The summed E-state index contributed by atoms with van der Waals surface area (Å²) in [5.41, 5.74) is 0.646. The molecule has 0 aliphatic rings. The van der Waals surface area contributed by atoms with Crippen LogP contribution in [0.1, 0.15) is 16.1 Å². The first-order valence-corrected chi connectivity index (χ1v) is 5.43. The molecule has 0 aliphatic carbocycles. The molecule has 0 atom stereocenters. The Morgan fingerprint density at radius 3 is 2.78 bits per heavy atom. The van der Waals surface area contributed by atoms with Crippen molar-refractivity contribution < 1.29 is 19.3 Å². The summed E-state index contributed by atoms with van der Waals surface area (Å²) in [5, 5.41) is 20.7. The van der Waals surface area contributed by atoms with Gasteiger partial charge in [-0.05, 0) is 29.7 Å². The summed E-state index contributed by atoms with van der Waals surface area (Å²) in [6.07, 6.45) is 1.53. The smallest absolute Gasteiger partial charge is 0.467 e. The highest BCUT2D eigenvalue weighted by Crippen LogP contribution is 2.01. The zero-order chi connectivity index (χ0) is 13.0. The highest BCUT2D eigenvalue weighted by atomic mass is 16.4. The lowest BCUT2D eigenvalue weighted by Crippen LogP contribution is -2.31. The minimum absolute atomic E-state index is 0.278. The van der Waals surface area contributed by atoms with Gasteiger partial charge in [-0.15, -0.1) is 0 Å². The third-order valence-corrected chi connectivity index (χ3v) is 2.45. The van der Waals surface area contributed by atoms with Crippen molar-refractivity contribution in [3.05, 3.63) is 54.0 Å². The van der Waals surface area contributed by atoms with E-state index in [4.69, 9.17) is 14.5 Å².